The highest BCUT2D eigenvalue weighted by atomic mass is 19.4. The largest absolute Gasteiger partial charge is 0.462 e. The quantitative estimate of drug-likeness (QED) is 0.786. The lowest BCUT2D eigenvalue weighted by Gasteiger charge is -2.16. The smallest absolute Gasteiger partial charge is 0.416 e. The molecule has 1 unspecified atom stereocenters. The van der Waals surface area contributed by atoms with E-state index in [1.54, 1.807) is 0 Å². The first-order valence-electron chi connectivity index (χ1n) is 4.51. The Morgan fingerprint density at radius 2 is 1.88 bits per heavy atom. The van der Waals surface area contributed by atoms with E-state index in [2.05, 4.69) is 0 Å². The highest BCUT2D eigenvalue weighted by Gasteiger charge is 2.30. The van der Waals surface area contributed by atoms with Gasteiger partial charge in [-0.2, -0.15) is 13.2 Å². The molecule has 0 spiro atoms. The number of aliphatic hydroxyl groups excluding tert-OH is 2. The number of ether oxygens (including phenoxy) is 1. The van der Waals surface area contributed by atoms with Crippen LogP contribution in [0.4, 0.5) is 13.2 Å². The molecule has 0 amide bonds. The van der Waals surface area contributed by atoms with Gasteiger partial charge in [0.15, 0.2) is 0 Å². The van der Waals surface area contributed by atoms with E-state index < -0.39 is 24.1 Å². The Morgan fingerprint density at radius 1 is 1.25 bits per heavy atom. The number of benzene rings is 1. The Hall–Kier alpha value is -1.27. The third-order valence-electron chi connectivity index (χ3n) is 1.83. The zero-order chi connectivity index (χ0) is 12.3. The van der Waals surface area contributed by atoms with Crippen molar-refractivity contribution in [1.29, 1.82) is 0 Å². The van der Waals surface area contributed by atoms with Crippen LogP contribution in [-0.4, -0.2) is 22.6 Å². The minimum Gasteiger partial charge on any atom is -0.462 e. The average Bonchev–Trinajstić information content (AvgIpc) is 2.16. The fraction of sp³-hybridized carbons (Fsp3) is 0.400. The molecular formula is C10H11F3O3. The highest BCUT2D eigenvalue weighted by molar-refractivity contribution is 5.30. The molecule has 1 aromatic rings. The van der Waals surface area contributed by atoms with E-state index in [1.807, 2.05) is 0 Å². The van der Waals surface area contributed by atoms with Crippen LogP contribution in [0.1, 0.15) is 12.5 Å². The van der Waals surface area contributed by atoms with E-state index in [-0.39, 0.29) is 5.75 Å². The molecular weight excluding hydrogens is 225 g/mol. The molecule has 2 atom stereocenters. The van der Waals surface area contributed by atoms with Gasteiger partial charge >= 0.3 is 6.18 Å². The predicted octanol–water partition coefficient (Wildman–Crippen LogP) is 1.78. The number of aliphatic hydroxyl groups is 2. The number of hydrogen-bond acceptors (Lipinski definition) is 3. The van der Waals surface area contributed by atoms with Gasteiger partial charge in [-0.15, -0.1) is 0 Å². The van der Waals surface area contributed by atoms with Crippen LogP contribution < -0.4 is 4.74 Å². The van der Waals surface area contributed by atoms with Crippen LogP contribution in [-0.2, 0) is 6.18 Å². The Bertz CT molecular complexity index is 349. The van der Waals surface area contributed by atoms with Crippen molar-refractivity contribution in [2.24, 2.45) is 0 Å². The molecule has 0 saturated carbocycles. The SMILES string of the molecule is CC(O)[C@H](O)Oc1cccc(C(F)(F)F)c1. The highest BCUT2D eigenvalue weighted by Crippen LogP contribution is 2.31. The fourth-order valence-electron chi connectivity index (χ4n) is 0.984. The molecule has 90 valence electrons. The summed E-state index contributed by atoms with van der Waals surface area (Å²) >= 11 is 0. The molecule has 0 aliphatic heterocycles. The van der Waals surface area contributed by atoms with Crippen molar-refractivity contribution in [2.45, 2.75) is 25.5 Å². The summed E-state index contributed by atoms with van der Waals surface area (Å²) in [4.78, 5) is 0. The topological polar surface area (TPSA) is 49.7 Å². The summed E-state index contributed by atoms with van der Waals surface area (Å²) < 4.78 is 41.6. The zero-order valence-electron chi connectivity index (χ0n) is 8.40. The average molecular weight is 236 g/mol. The van der Waals surface area contributed by atoms with E-state index >= 15 is 0 Å². The number of alkyl halides is 3. The summed E-state index contributed by atoms with van der Waals surface area (Å²) in [5.41, 5.74) is -0.872. The second-order valence-electron chi connectivity index (χ2n) is 3.27. The molecule has 0 aliphatic rings. The van der Waals surface area contributed by atoms with Crippen LogP contribution in [0.3, 0.4) is 0 Å². The maximum absolute atomic E-state index is 12.3. The van der Waals surface area contributed by atoms with Crippen LogP contribution in [0.2, 0.25) is 0 Å². The lowest BCUT2D eigenvalue weighted by molar-refractivity contribution is -0.138. The monoisotopic (exact) mass is 236 g/mol. The van der Waals surface area contributed by atoms with Gasteiger partial charge in [0, 0.05) is 0 Å². The minimum absolute atomic E-state index is 0.150. The second kappa shape index (κ2) is 4.71. The maximum atomic E-state index is 12.3. The van der Waals surface area contributed by atoms with Gasteiger partial charge < -0.3 is 14.9 Å². The first-order chi connectivity index (χ1) is 7.30. The lowest BCUT2D eigenvalue weighted by atomic mass is 10.2. The van der Waals surface area contributed by atoms with Crippen LogP contribution >= 0.6 is 0 Å². The van der Waals surface area contributed by atoms with Crippen LogP contribution in [0.5, 0.6) is 5.75 Å². The van der Waals surface area contributed by atoms with Crippen molar-refractivity contribution < 1.29 is 28.1 Å². The summed E-state index contributed by atoms with van der Waals surface area (Å²) in [5, 5.41) is 18.0. The van der Waals surface area contributed by atoms with Crippen molar-refractivity contribution in [3.63, 3.8) is 0 Å². The molecule has 3 nitrogen and oxygen atoms in total. The van der Waals surface area contributed by atoms with Gasteiger partial charge in [-0.1, -0.05) is 6.07 Å². The molecule has 2 N–H and O–H groups in total. The molecule has 0 heterocycles. The molecule has 0 radical (unpaired) electrons. The van der Waals surface area contributed by atoms with Gasteiger partial charge in [-0.05, 0) is 25.1 Å². The van der Waals surface area contributed by atoms with Gasteiger partial charge in [-0.25, -0.2) is 0 Å². The molecule has 6 heteroatoms. The van der Waals surface area contributed by atoms with Gasteiger partial charge in [-0.3, -0.25) is 0 Å². The van der Waals surface area contributed by atoms with E-state index in [4.69, 9.17) is 14.9 Å². The number of hydrogen-bond donors (Lipinski definition) is 2. The second-order valence-corrected chi connectivity index (χ2v) is 3.27. The van der Waals surface area contributed by atoms with E-state index in [0.29, 0.717) is 0 Å². The fourth-order valence-corrected chi connectivity index (χ4v) is 0.984. The van der Waals surface area contributed by atoms with Crippen molar-refractivity contribution >= 4 is 0 Å². The van der Waals surface area contributed by atoms with Gasteiger partial charge in [0.05, 0.1) is 5.56 Å². The van der Waals surface area contributed by atoms with E-state index in [9.17, 15) is 13.2 Å². The zero-order valence-corrected chi connectivity index (χ0v) is 8.40. The summed E-state index contributed by atoms with van der Waals surface area (Å²) in [6.07, 6.45) is -7.20. The first kappa shape index (κ1) is 12.8. The molecule has 0 aromatic heterocycles. The summed E-state index contributed by atoms with van der Waals surface area (Å²) in [6, 6.07) is 4.07. The Kier molecular flexibility index (Phi) is 3.77. The van der Waals surface area contributed by atoms with Gasteiger partial charge in [0.25, 0.3) is 0 Å². The van der Waals surface area contributed by atoms with E-state index in [1.165, 1.54) is 13.0 Å². The van der Waals surface area contributed by atoms with Crippen molar-refractivity contribution in [2.75, 3.05) is 0 Å². The summed E-state index contributed by atoms with van der Waals surface area (Å²) in [7, 11) is 0. The molecule has 16 heavy (non-hydrogen) atoms. The van der Waals surface area contributed by atoms with Crippen molar-refractivity contribution in [3.8, 4) is 5.75 Å². The third-order valence-corrected chi connectivity index (χ3v) is 1.83. The maximum Gasteiger partial charge on any atom is 0.416 e. The first-order valence-corrected chi connectivity index (χ1v) is 4.51. The minimum atomic E-state index is -4.46. The summed E-state index contributed by atoms with van der Waals surface area (Å²) in [6.45, 7) is 1.26. The van der Waals surface area contributed by atoms with Crippen LogP contribution in [0.15, 0.2) is 24.3 Å². The third kappa shape index (κ3) is 3.39. The van der Waals surface area contributed by atoms with Gasteiger partial charge in [0.2, 0.25) is 6.29 Å². The molecule has 1 aromatic carbocycles. The van der Waals surface area contributed by atoms with Crippen LogP contribution in [0, 0.1) is 0 Å². The molecule has 0 bridgehead atoms. The predicted molar refractivity (Wildman–Crippen MR) is 49.8 cm³/mol. The molecule has 0 fully saturated rings. The Morgan fingerprint density at radius 3 is 2.38 bits per heavy atom. The van der Waals surface area contributed by atoms with Crippen molar-refractivity contribution in [1.82, 2.24) is 0 Å². The van der Waals surface area contributed by atoms with Gasteiger partial charge in [0.1, 0.15) is 11.9 Å². The van der Waals surface area contributed by atoms with E-state index in [0.717, 1.165) is 18.2 Å². The Balaban J connectivity index is 2.83. The van der Waals surface area contributed by atoms with Crippen molar-refractivity contribution in [3.05, 3.63) is 29.8 Å². The number of rotatable bonds is 3. The normalized spacial score (nSPS) is 15.6. The standard InChI is InChI=1S/C10H11F3O3/c1-6(14)9(15)16-8-4-2-3-7(5-8)10(11,12)13/h2-6,9,14-15H,1H3/t6?,9-/m1/s1. The molecule has 0 saturated heterocycles. The molecule has 1 rings (SSSR count). The number of halogens is 3. The summed E-state index contributed by atoms with van der Waals surface area (Å²) in [5.74, 6) is -0.150. The lowest BCUT2D eigenvalue weighted by Crippen LogP contribution is -2.28. The molecule has 0 aliphatic carbocycles. The Labute approximate surface area is 90.1 Å². The van der Waals surface area contributed by atoms with Crippen LogP contribution in [0.25, 0.3) is 0 Å².